The number of rotatable bonds is 5. The van der Waals surface area contributed by atoms with Crippen molar-refractivity contribution in [2.24, 2.45) is 11.1 Å². The van der Waals surface area contributed by atoms with Gasteiger partial charge in [-0.25, -0.2) is 0 Å². The molecule has 1 aliphatic rings. The summed E-state index contributed by atoms with van der Waals surface area (Å²) in [6.07, 6.45) is 3.14. The van der Waals surface area contributed by atoms with Gasteiger partial charge in [-0.3, -0.25) is 0 Å². The molecule has 2 N–H and O–H groups in total. The standard InChI is InChI=1S/C13H16N2S/c14-8-7-13(5-6-13)10-16-12-3-1-11(9-15)2-4-12/h1-4H,5-7,9-10,15H2. The predicted octanol–water partition coefficient (Wildman–Crippen LogP) is 2.93. The van der Waals surface area contributed by atoms with Crippen molar-refractivity contribution in [1.82, 2.24) is 0 Å². The lowest BCUT2D eigenvalue weighted by molar-refractivity contribution is 0.604. The quantitative estimate of drug-likeness (QED) is 0.794. The van der Waals surface area contributed by atoms with Crippen LogP contribution in [-0.4, -0.2) is 5.75 Å². The van der Waals surface area contributed by atoms with E-state index in [0.717, 1.165) is 5.75 Å². The van der Waals surface area contributed by atoms with Crippen LogP contribution in [0.3, 0.4) is 0 Å². The van der Waals surface area contributed by atoms with Crippen molar-refractivity contribution in [2.45, 2.75) is 30.7 Å². The van der Waals surface area contributed by atoms with Crippen LogP contribution in [0, 0.1) is 16.7 Å². The second-order valence-electron chi connectivity index (χ2n) is 4.47. The van der Waals surface area contributed by atoms with E-state index in [0.29, 0.717) is 18.4 Å². The molecular formula is C13H16N2S. The fourth-order valence-electron chi connectivity index (χ4n) is 1.67. The summed E-state index contributed by atoms with van der Waals surface area (Å²) < 4.78 is 0. The monoisotopic (exact) mass is 232 g/mol. The van der Waals surface area contributed by atoms with Gasteiger partial charge in [-0.15, -0.1) is 11.8 Å². The van der Waals surface area contributed by atoms with E-state index in [1.165, 1.54) is 23.3 Å². The molecule has 2 nitrogen and oxygen atoms in total. The lowest BCUT2D eigenvalue weighted by atomic mass is 10.1. The molecule has 0 bridgehead atoms. The van der Waals surface area contributed by atoms with Crippen LogP contribution in [0.25, 0.3) is 0 Å². The van der Waals surface area contributed by atoms with Gasteiger partial charge in [-0.1, -0.05) is 12.1 Å². The first-order valence-corrected chi connectivity index (χ1v) is 6.55. The Labute approximate surface area is 101 Å². The SMILES string of the molecule is N#CCC1(CSc2ccc(CN)cc2)CC1. The van der Waals surface area contributed by atoms with E-state index in [-0.39, 0.29) is 0 Å². The second-order valence-corrected chi connectivity index (χ2v) is 5.52. The van der Waals surface area contributed by atoms with Crippen LogP contribution in [0.15, 0.2) is 29.2 Å². The van der Waals surface area contributed by atoms with Crippen LogP contribution in [0.4, 0.5) is 0 Å². The van der Waals surface area contributed by atoms with Crippen molar-refractivity contribution in [3.63, 3.8) is 0 Å². The summed E-state index contributed by atoms with van der Waals surface area (Å²) in [5.74, 6) is 1.07. The minimum atomic E-state index is 0.325. The Morgan fingerprint density at radius 1 is 1.31 bits per heavy atom. The highest BCUT2D eigenvalue weighted by Crippen LogP contribution is 2.51. The molecule has 1 aromatic carbocycles. The zero-order valence-corrected chi connectivity index (χ0v) is 10.1. The van der Waals surface area contributed by atoms with Gasteiger partial charge >= 0.3 is 0 Å². The summed E-state index contributed by atoms with van der Waals surface area (Å²) in [4.78, 5) is 1.28. The highest BCUT2D eigenvalue weighted by atomic mass is 32.2. The van der Waals surface area contributed by atoms with Gasteiger partial charge in [0.25, 0.3) is 0 Å². The van der Waals surface area contributed by atoms with Gasteiger partial charge in [0, 0.05) is 23.6 Å². The molecule has 1 fully saturated rings. The van der Waals surface area contributed by atoms with Crippen LogP contribution in [0.2, 0.25) is 0 Å². The largest absolute Gasteiger partial charge is 0.326 e. The van der Waals surface area contributed by atoms with Gasteiger partial charge in [-0.2, -0.15) is 5.26 Å². The molecule has 1 aliphatic carbocycles. The van der Waals surface area contributed by atoms with Crippen molar-refractivity contribution < 1.29 is 0 Å². The lowest BCUT2D eigenvalue weighted by Crippen LogP contribution is -2.02. The van der Waals surface area contributed by atoms with E-state index in [4.69, 9.17) is 11.0 Å². The molecular weight excluding hydrogens is 216 g/mol. The average Bonchev–Trinajstić information content (AvgIpc) is 3.08. The Morgan fingerprint density at radius 2 is 2.00 bits per heavy atom. The molecule has 16 heavy (non-hydrogen) atoms. The molecule has 0 atom stereocenters. The van der Waals surface area contributed by atoms with E-state index in [2.05, 4.69) is 30.3 Å². The van der Waals surface area contributed by atoms with Crippen molar-refractivity contribution in [1.29, 1.82) is 5.26 Å². The van der Waals surface area contributed by atoms with Gasteiger partial charge in [0.2, 0.25) is 0 Å². The minimum absolute atomic E-state index is 0.325. The summed E-state index contributed by atoms with van der Waals surface area (Å²) in [6.45, 7) is 0.601. The van der Waals surface area contributed by atoms with E-state index >= 15 is 0 Å². The number of benzene rings is 1. The molecule has 0 spiro atoms. The molecule has 0 aliphatic heterocycles. The summed E-state index contributed by atoms with van der Waals surface area (Å²) in [5, 5.41) is 8.73. The third-order valence-corrected chi connectivity index (χ3v) is 4.48. The number of nitrogens with two attached hydrogens (primary N) is 1. The summed E-state index contributed by atoms with van der Waals surface area (Å²) in [5.41, 5.74) is 7.04. The smallest absolute Gasteiger partial charge is 0.0627 e. The fourth-order valence-corrected chi connectivity index (χ4v) is 2.87. The molecule has 2 rings (SSSR count). The van der Waals surface area contributed by atoms with E-state index in [9.17, 15) is 0 Å². The van der Waals surface area contributed by atoms with Crippen LogP contribution >= 0.6 is 11.8 Å². The maximum atomic E-state index is 8.73. The number of thioether (sulfide) groups is 1. The van der Waals surface area contributed by atoms with Crippen molar-refractivity contribution in [2.75, 3.05) is 5.75 Å². The average molecular weight is 232 g/mol. The third kappa shape index (κ3) is 2.78. The fraction of sp³-hybridized carbons (Fsp3) is 0.462. The molecule has 1 saturated carbocycles. The normalized spacial score (nSPS) is 16.8. The van der Waals surface area contributed by atoms with Gasteiger partial charge in [0.15, 0.2) is 0 Å². The molecule has 0 radical (unpaired) electrons. The molecule has 0 heterocycles. The molecule has 0 aromatic heterocycles. The van der Waals surface area contributed by atoms with Crippen molar-refractivity contribution in [3.05, 3.63) is 29.8 Å². The van der Waals surface area contributed by atoms with E-state index in [1.807, 2.05) is 11.8 Å². The zero-order chi connectivity index (χ0) is 11.4. The van der Waals surface area contributed by atoms with E-state index in [1.54, 1.807) is 0 Å². The third-order valence-electron chi connectivity index (χ3n) is 3.12. The van der Waals surface area contributed by atoms with Crippen molar-refractivity contribution >= 4 is 11.8 Å². The summed E-state index contributed by atoms with van der Waals surface area (Å²) >= 11 is 1.86. The number of nitrogens with zero attached hydrogens (tertiary/aromatic N) is 1. The highest BCUT2D eigenvalue weighted by Gasteiger charge is 2.42. The molecule has 3 heteroatoms. The highest BCUT2D eigenvalue weighted by molar-refractivity contribution is 7.99. The molecule has 1 aromatic rings. The lowest BCUT2D eigenvalue weighted by Gasteiger charge is -2.10. The first kappa shape index (κ1) is 11.5. The van der Waals surface area contributed by atoms with Crippen molar-refractivity contribution in [3.8, 4) is 6.07 Å². The van der Waals surface area contributed by atoms with Crippen LogP contribution in [0.5, 0.6) is 0 Å². The maximum absolute atomic E-state index is 8.73. The zero-order valence-electron chi connectivity index (χ0n) is 9.28. The number of nitriles is 1. The first-order valence-electron chi connectivity index (χ1n) is 5.57. The number of hydrogen-bond donors (Lipinski definition) is 1. The van der Waals surface area contributed by atoms with Crippen LogP contribution in [-0.2, 0) is 6.54 Å². The van der Waals surface area contributed by atoms with Gasteiger partial charge in [0.05, 0.1) is 6.07 Å². The van der Waals surface area contributed by atoms with E-state index < -0.39 is 0 Å². The summed E-state index contributed by atoms with van der Waals surface area (Å²) in [7, 11) is 0. The molecule has 0 saturated heterocycles. The van der Waals surface area contributed by atoms with Crippen LogP contribution < -0.4 is 5.73 Å². The molecule has 0 unspecified atom stereocenters. The first-order chi connectivity index (χ1) is 7.78. The Hall–Kier alpha value is -0.980. The van der Waals surface area contributed by atoms with Crippen LogP contribution in [0.1, 0.15) is 24.8 Å². The Bertz CT molecular complexity index is 387. The maximum Gasteiger partial charge on any atom is 0.0627 e. The minimum Gasteiger partial charge on any atom is -0.326 e. The topological polar surface area (TPSA) is 49.8 Å². The Kier molecular flexibility index (Phi) is 3.52. The van der Waals surface area contributed by atoms with Gasteiger partial charge in [-0.05, 0) is 36.0 Å². The number of hydrogen-bond acceptors (Lipinski definition) is 3. The Morgan fingerprint density at radius 3 is 2.50 bits per heavy atom. The Balaban J connectivity index is 1.88. The molecule has 0 amide bonds. The van der Waals surface area contributed by atoms with Gasteiger partial charge in [0.1, 0.15) is 0 Å². The van der Waals surface area contributed by atoms with Gasteiger partial charge < -0.3 is 5.73 Å². The summed E-state index contributed by atoms with van der Waals surface area (Å²) in [6, 6.07) is 10.7. The predicted molar refractivity (Wildman–Crippen MR) is 67.0 cm³/mol. The second kappa shape index (κ2) is 4.90. The molecule has 84 valence electrons.